The molecule has 0 unspecified atom stereocenters. The first kappa shape index (κ1) is 13.6. The van der Waals surface area contributed by atoms with Gasteiger partial charge in [-0.3, -0.25) is 9.59 Å². The molecule has 0 spiro atoms. The van der Waals surface area contributed by atoms with E-state index in [1.54, 1.807) is 6.92 Å². The van der Waals surface area contributed by atoms with E-state index in [0.717, 1.165) is 29.5 Å². The quantitative estimate of drug-likeness (QED) is 0.869. The molecule has 0 saturated heterocycles. The predicted octanol–water partition coefficient (Wildman–Crippen LogP) is 3.67. The van der Waals surface area contributed by atoms with Crippen molar-refractivity contribution in [2.24, 2.45) is 0 Å². The van der Waals surface area contributed by atoms with Gasteiger partial charge in [-0.1, -0.05) is 48.5 Å². The second-order valence-corrected chi connectivity index (χ2v) is 5.60. The Bertz CT molecular complexity index is 692. The molecular formula is C18H16O3. The molecule has 0 amide bonds. The molecule has 0 aromatic heterocycles. The van der Waals surface area contributed by atoms with Crippen molar-refractivity contribution in [3.63, 3.8) is 0 Å². The van der Waals surface area contributed by atoms with Gasteiger partial charge in [0.05, 0.1) is 5.41 Å². The summed E-state index contributed by atoms with van der Waals surface area (Å²) >= 11 is 0. The summed E-state index contributed by atoms with van der Waals surface area (Å²) in [6.07, 6.45) is 1.43. The summed E-state index contributed by atoms with van der Waals surface area (Å²) in [5.74, 6) is -0.685. The molecule has 1 aliphatic rings. The van der Waals surface area contributed by atoms with Crippen LogP contribution < -0.4 is 0 Å². The maximum atomic E-state index is 11.3. The van der Waals surface area contributed by atoms with Crippen molar-refractivity contribution in [1.29, 1.82) is 0 Å². The van der Waals surface area contributed by atoms with Gasteiger partial charge in [0.1, 0.15) is 0 Å². The molecule has 1 N–H and O–H groups in total. The zero-order valence-corrected chi connectivity index (χ0v) is 11.8. The van der Waals surface area contributed by atoms with Gasteiger partial charge in [-0.15, -0.1) is 0 Å². The van der Waals surface area contributed by atoms with E-state index in [-0.39, 0.29) is 5.78 Å². The molecule has 106 valence electrons. The third kappa shape index (κ3) is 2.35. The van der Waals surface area contributed by atoms with E-state index in [1.807, 2.05) is 48.5 Å². The number of hydrogen-bond donors (Lipinski definition) is 1. The van der Waals surface area contributed by atoms with Crippen molar-refractivity contribution < 1.29 is 14.7 Å². The molecule has 0 radical (unpaired) electrons. The van der Waals surface area contributed by atoms with Crippen LogP contribution in [0.3, 0.4) is 0 Å². The number of carboxylic acid groups (broad SMARTS) is 1. The second kappa shape index (κ2) is 4.85. The Kier molecular flexibility index (Phi) is 3.13. The molecular weight excluding hydrogens is 264 g/mol. The maximum Gasteiger partial charge on any atom is 0.314 e. The molecule has 2 aromatic carbocycles. The molecule has 3 nitrogen and oxygen atoms in total. The summed E-state index contributed by atoms with van der Waals surface area (Å²) in [6.45, 7) is 1.55. The minimum Gasteiger partial charge on any atom is -0.481 e. The van der Waals surface area contributed by atoms with Crippen molar-refractivity contribution in [3.05, 3.63) is 59.7 Å². The van der Waals surface area contributed by atoms with E-state index < -0.39 is 11.4 Å². The number of aliphatic carboxylic acids is 1. The smallest absolute Gasteiger partial charge is 0.314 e. The summed E-state index contributed by atoms with van der Waals surface area (Å²) < 4.78 is 0. The maximum absolute atomic E-state index is 11.3. The van der Waals surface area contributed by atoms with Gasteiger partial charge in [-0.05, 0) is 36.5 Å². The van der Waals surface area contributed by atoms with Crippen LogP contribution >= 0.6 is 0 Å². The van der Waals surface area contributed by atoms with Gasteiger partial charge in [0, 0.05) is 5.56 Å². The van der Waals surface area contributed by atoms with Crippen LogP contribution in [0.25, 0.3) is 11.1 Å². The first-order valence-electron chi connectivity index (χ1n) is 6.98. The van der Waals surface area contributed by atoms with Crippen LogP contribution in [-0.4, -0.2) is 16.9 Å². The van der Waals surface area contributed by atoms with E-state index in [0.29, 0.717) is 5.56 Å². The van der Waals surface area contributed by atoms with Crippen LogP contribution in [0.15, 0.2) is 48.5 Å². The van der Waals surface area contributed by atoms with Crippen LogP contribution in [0.5, 0.6) is 0 Å². The molecule has 0 atom stereocenters. The van der Waals surface area contributed by atoms with Crippen LogP contribution in [0.4, 0.5) is 0 Å². The lowest BCUT2D eigenvalue weighted by Gasteiger charge is -2.11. The van der Waals surface area contributed by atoms with Crippen molar-refractivity contribution in [2.45, 2.75) is 25.2 Å². The normalized spacial score (nSPS) is 15.5. The average molecular weight is 280 g/mol. The molecule has 0 heterocycles. The Morgan fingerprint density at radius 1 is 0.905 bits per heavy atom. The minimum absolute atomic E-state index is 0.0500. The van der Waals surface area contributed by atoms with Gasteiger partial charge in [0.15, 0.2) is 5.78 Å². The van der Waals surface area contributed by atoms with Gasteiger partial charge in [0.2, 0.25) is 0 Å². The summed E-state index contributed by atoms with van der Waals surface area (Å²) in [6, 6.07) is 15.1. The molecule has 2 aromatic rings. The molecule has 0 bridgehead atoms. The highest BCUT2D eigenvalue weighted by Crippen LogP contribution is 2.48. The van der Waals surface area contributed by atoms with Crippen LogP contribution in [0, 0.1) is 0 Å². The number of hydrogen-bond acceptors (Lipinski definition) is 2. The topological polar surface area (TPSA) is 54.4 Å². The van der Waals surface area contributed by atoms with E-state index >= 15 is 0 Å². The highest BCUT2D eigenvalue weighted by Gasteiger charge is 2.51. The lowest BCUT2D eigenvalue weighted by molar-refractivity contribution is -0.140. The highest BCUT2D eigenvalue weighted by molar-refractivity contribution is 5.94. The number of carbonyl (C=O) groups is 2. The molecule has 1 aliphatic carbocycles. The van der Waals surface area contributed by atoms with Crippen molar-refractivity contribution >= 4 is 11.8 Å². The largest absolute Gasteiger partial charge is 0.481 e. The molecule has 21 heavy (non-hydrogen) atoms. The number of Topliss-reactive ketones (excluding diaryl/α,β-unsaturated/α-hetero) is 1. The predicted molar refractivity (Wildman–Crippen MR) is 80.4 cm³/mol. The monoisotopic (exact) mass is 280 g/mol. The number of benzene rings is 2. The van der Waals surface area contributed by atoms with Gasteiger partial charge in [0.25, 0.3) is 0 Å². The van der Waals surface area contributed by atoms with E-state index in [2.05, 4.69) is 0 Å². The third-order valence-electron chi connectivity index (χ3n) is 4.22. The Morgan fingerprint density at radius 3 is 1.76 bits per heavy atom. The van der Waals surface area contributed by atoms with E-state index in [9.17, 15) is 14.7 Å². The first-order chi connectivity index (χ1) is 10.0. The average Bonchev–Trinajstić information content (AvgIpc) is 3.29. The summed E-state index contributed by atoms with van der Waals surface area (Å²) in [4.78, 5) is 22.6. The Labute approximate surface area is 123 Å². The van der Waals surface area contributed by atoms with Gasteiger partial charge < -0.3 is 5.11 Å². The third-order valence-corrected chi connectivity index (χ3v) is 4.22. The Morgan fingerprint density at radius 2 is 1.38 bits per heavy atom. The van der Waals surface area contributed by atoms with E-state index in [1.165, 1.54) is 0 Å². The fourth-order valence-electron chi connectivity index (χ4n) is 2.63. The first-order valence-corrected chi connectivity index (χ1v) is 6.98. The lowest BCUT2D eigenvalue weighted by Crippen LogP contribution is -2.19. The summed E-state index contributed by atoms with van der Waals surface area (Å²) in [5, 5.41) is 9.29. The number of ketones is 1. The molecule has 0 aliphatic heterocycles. The molecule has 3 heteroatoms. The SMILES string of the molecule is CC(=O)c1ccc(-c2ccc(C3(C(=O)O)CC3)cc2)cc1. The Balaban J connectivity index is 1.87. The van der Waals surface area contributed by atoms with Crippen LogP contribution in [0.2, 0.25) is 0 Å². The molecule has 1 fully saturated rings. The zero-order valence-electron chi connectivity index (χ0n) is 11.8. The van der Waals surface area contributed by atoms with Crippen molar-refractivity contribution in [1.82, 2.24) is 0 Å². The van der Waals surface area contributed by atoms with Crippen molar-refractivity contribution in [3.8, 4) is 11.1 Å². The summed E-state index contributed by atoms with van der Waals surface area (Å²) in [5.41, 5.74) is 2.95. The van der Waals surface area contributed by atoms with E-state index in [4.69, 9.17) is 0 Å². The number of carboxylic acids is 1. The fourth-order valence-corrected chi connectivity index (χ4v) is 2.63. The standard InChI is InChI=1S/C18H16O3/c1-12(19)13-2-4-14(5-3-13)15-6-8-16(9-7-15)18(10-11-18)17(20)21/h2-9H,10-11H2,1H3,(H,20,21). The zero-order chi connectivity index (χ0) is 15.0. The molecule has 1 saturated carbocycles. The molecule has 3 rings (SSSR count). The fraction of sp³-hybridized carbons (Fsp3) is 0.222. The van der Waals surface area contributed by atoms with Gasteiger partial charge >= 0.3 is 5.97 Å². The Hall–Kier alpha value is -2.42. The number of rotatable bonds is 4. The second-order valence-electron chi connectivity index (χ2n) is 5.60. The highest BCUT2D eigenvalue weighted by atomic mass is 16.4. The van der Waals surface area contributed by atoms with Crippen LogP contribution in [0.1, 0.15) is 35.7 Å². The van der Waals surface area contributed by atoms with Crippen LogP contribution in [-0.2, 0) is 10.2 Å². The summed E-state index contributed by atoms with van der Waals surface area (Å²) in [7, 11) is 0. The van der Waals surface area contributed by atoms with Crippen molar-refractivity contribution in [2.75, 3.05) is 0 Å². The van der Waals surface area contributed by atoms with Gasteiger partial charge in [-0.25, -0.2) is 0 Å². The van der Waals surface area contributed by atoms with Gasteiger partial charge in [-0.2, -0.15) is 0 Å². The minimum atomic E-state index is -0.735. The lowest BCUT2D eigenvalue weighted by atomic mass is 9.93. The number of carbonyl (C=O) groups excluding carboxylic acids is 1.